The smallest absolute Gasteiger partial charge is 0.221 e. The van der Waals surface area contributed by atoms with Crippen molar-refractivity contribution in [3.05, 3.63) is 70.3 Å². The first-order chi connectivity index (χ1) is 15.4. The van der Waals surface area contributed by atoms with Crippen molar-refractivity contribution in [3.8, 4) is 5.75 Å². The van der Waals surface area contributed by atoms with Crippen LogP contribution >= 0.6 is 0 Å². The van der Waals surface area contributed by atoms with Gasteiger partial charge in [-0.3, -0.25) is 14.4 Å². The summed E-state index contributed by atoms with van der Waals surface area (Å²) in [6, 6.07) is 11.5. The number of benzene rings is 2. The highest BCUT2D eigenvalue weighted by molar-refractivity contribution is 6.15. The Balaban J connectivity index is 1.70. The number of amides is 1. The Morgan fingerprint density at radius 3 is 2.53 bits per heavy atom. The normalized spacial score (nSPS) is 18.4. The minimum atomic E-state index is -0.760. The number of nitrogens with one attached hydrogen (secondary N) is 1. The van der Waals surface area contributed by atoms with E-state index < -0.39 is 11.8 Å². The monoisotopic (exact) mass is 433 g/mol. The second kappa shape index (κ2) is 10.4. The number of rotatable bonds is 8. The first-order valence-corrected chi connectivity index (χ1v) is 11.1. The predicted molar refractivity (Wildman–Crippen MR) is 126 cm³/mol. The Hall–Kier alpha value is -3.21. The SMILES string of the molecule is C/C=C/c1cc(C)c(C2C(=O)CC(CC(=O)NCc3ccc(OC)cc3)C2=O)c(CC)c1. The van der Waals surface area contributed by atoms with Crippen molar-refractivity contribution in [3.63, 3.8) is 0 Å². The molecule has 2 aromatic rings. The summed E-state index contributed by atoms with van der Waals surface area (Å²) in [5, 5.41) is 2.86. The van der Waals surface area contributed by atoms with Crippen LogP contribution in [0.25, 0.3) is 6.08 Å². The lowest BCUT2D eigenvalue weighted by Gasteiger charge is -2.18. The van der Waals surface area contributed by atoms with E-state index in [4.69, 9.17) is 4.74 Å². The van der Waals surface area contributed by atoms with Crippen molar-refractivity contribution in [1.29, 1.82) is 0 Å². The van der Waals surface area contributed by atoms with Crippen molar-refractivity contribution < 1.29 is 19.1 Å². The van der Waals surface area contributed by atoms with E-state index in [0.29, 0.717) is 6.54 Å². The summed E-state index contributed by atoms with van der Waals surface area (Å²) in [4.78, 5) is 38.6. The number of allylic oxidation sites excluding steroid dienone is 1. The standard InChI is InChI=1S/C27H31NO4/c1-5-7-19-12-17(3)25(20(6-2)13-19)26-23(29)14-21(27(26)31)15-24(30)28-16-18-8-10-22(32-4)11-9-18/h5,7-13,21,26H,6,14-16H2,1-4H3,(H,28,30)/b7-5+. The largest absolute Gasteiger partial charge is 0.497 e. The van der Waals surface area contributed by atoms with E-state index in [1.54, 1.807) is 7.11 Å². The second-order valence-corrected chi connectivity index (χ2v) is 8.30. The summed E-state index contributed by atoms with van der Waals surface area (Å²) >= 11 is 0. The molecule has 0 aliphatic heterocycles. The number of methoxy groups -OCH3 is 1. The van der Waals surface area contributed by atoms with E-state index in [9.17, 15) is 14.4 Å². The number of ketones is 2. The highest BCUT2D eigenvalue weighted by atomic mass is 16.5. The quantitative estimate of drug-likeness (QED) is 0.620. The molecular weight excluding hydrogens is 402 g/mol. The molecule has 0 radical (unpaired) electrons. The number of hydrogen-bond donors (Lipinski definition) is 1. The first kappa shape index (κ1) is 23.5. The average molecular weight is 434 g/mol. The molecule has 0 heterocycles. The topological polar surface area (TPSA) is 72.5 Å². The molecule has 5 heteroatoms. The molecule has 1 amide bonds. The summed E-state index contributed by atoms with van der Waals surface area (Å²) in [7, 11) is 1.60. The predicted octanol–water partition coefficient (Wildman–Crippen LogP) is 4.55. The summed E-state index contributed by atoms with van der Waals surface area (Å²) < 4.78 is 5.14. The minimum absolute atomic E-state index is 0.0361. The molecule has 1 N–H and O–H groups in total. The molecule has 1 aliphatic rings. The Labute approximate surface area is 189 Å². The molecule has 0 saturated heterocycles. The Morgan fingerprint density at radius 2 is 1.91 bits per heavy atom. The Bertz CT molecular complexity index is 1040. The maximum Gasteiger partial charge on any atom is 0.221 e. The van der Waals surface area contributed by atoms with E-state index in [2.05, 4.69) is 11.4 Å². The third kappa shape index (κ3) is 5.16. The van der Waals surface area contributed by atoms with Crippen LogP contribution in [-0.4, -0.2) is 24.6 Å². The van der Waals surface area contributed by atoms with E-state index in [-0.39, 0.29) is 30.3 Å². The average Bonchev–Trinajstić information content (AvgIpc) is 3.05. The number of hydrogen-bond acceptors (Lipinski definition) is 4. The summed E-state index contributed by atoms with van der Waals surface area (Å²) in [5.41, 5.74) is 4.81. The number of aryl methyl sites for hydroxylation is 2. The van der Waals surface area contributed by atoms with Crippen LogP contribution in [0.15, 0.2) is 42.5 Å². The molecule has 32 heavy (non-hydrogen) atoms. The lowest BCUT2D eigenvalue weighted by atomic mass is 9.84. The van der Waals surface area contributed by atoms with Gasteiger partial charge >= 0.3 is 0 Å². The van der Waals surface area contributed by atoms with Crippen molar-refractivity contribution >= 4 is 23.5 Å². The molecule has 2 atom stereocenters. The van der Waals surface area contributed by atoms with Gasteiger partial charge in [-0.05, 0) is 60.2 Å². The molecule has 1 fully saturated rings. The molecule has 168 valence electrons. The fraction of sp³-hybridized carbons (Fsp3) is 0.370. The van der Waals surface area contributed by atoms with Gasteiger partial charge < -0.3 is 10.1 Å². The fourth-order valence-corrected chi connectivity index (χ4v) is 4.47. The molecule has 3 rings (SSSR count). The zero-order chi connectivity index (χ0) is 23.3. The second-order valence-electron chi connectivity index (χ2n) is 8.30. The third-order valence-corrected chi connectivity index (χ3v) is 6.06. The van der Waals surface area contributed by atoms with Crippen LogP contribution < -0.4 is 10.1 Å². The van der Waals surface area contributed by atoms with Gasteiger partial charge in [0.2, 0.25) is 5.91 Å². The van der Waals surface area contributed by atoms with Crippen molar-refractivity contribution in [2.75, 3.05) is 7.11 Å². The van der Waals surface area contributed by atoms with Crippen LogP contribution in [0, 0.1) is 12.8 Å². The van der Waals surface area contributed by atoms with Crippen LogP contribution in [0.1, 0.15) is 60.4 Å². The first-order valence-electron chi connectivity index (χ1n) is 11.1. The number of Topliss-reactive ketones (excluding diaryl/α,β-unsaturated/α-hetero) is 2. The number of carbonyl (C=O) groups is 3. The van der Waals surface area contributed by atoms with E-state index >= 15 is 0 Å². The van der Waals surface area contributed by atoms with Crippen molar-refractivity contribution in [2.45, 2.75) is 52.5 Å². The van der Waals surface area contributed by atoms with E-state index in [1.807, 2.05) is 63.3 Å². The van der Waals surface area contributed by atoms with E-state index in [1.165, 1.54) is 0 Å². The number of carbonyl (C=O) groups excluding carboxylic acids is 3. The molecule has 1 saturated carbocycles. The fourth-order valence-electron chi connectivity index (χ4n) is 4.47. The molecule has 0 aromatic heterocycles. The van der Waals surface area contributed by atoms with Crippen LogP contribution in [0.3, 0.4) is 0 Å². The lowest BCUT2D eigenvalue weighted by molar-refractivity contribution is -0.128. The Morgan fingerprint density at radius 1 is 1.19 bits per heavy atom. The van der Waals surface area contributed by atoms with Crippen molar-refractivity contribution in [2.24, 2.45) is 5.92 Å². The summed E-state index contributed by atoms with van der Waals surface area (Å²) in [5.74, 6) is -1.01. The van der Waals surface area contributed by atoms with Gasteiger partial charge in [0.05, 0.1) is 7.11 Å². The van der Waals surface area contributed by atoms with Gasteiger partial charge in [-0.1, -0.05) is 43.3 Å². The van der Waals surface area contributed by atoms with Gasteiger partial charge in [0, 0.05) is 25.3 Å². The third-order valence-electron chi connectivity index (χ3n) is 6.06. The van der Waals surface area contributed by atoms with Crippen LogP contribution in [0.5, 0.6) is 5.75 Å². The molecule has 0 spiro atoms. The van der Waals surface area contributed by atoms with Crippen LogP contribution in [-0.2, 0) is 27.3 Å². The Kier molecular flexibility index (Phi) is 7.62. The van der Waals surface area contributed by atoms with Gasteiger partial charge in [0.25, 0.3) is 0 Å². The van der Waals surface area contributed by atoms with Gasteiger partial charge in [-0.25, -0.2) is 0 Å². The maximum absolute atomic E-state index is 13.2. The zero-order valence-electron chi connectivity index (χ0n) is 19.2. The molecule has 5 nitrogen and oxygen atoms in total. The van der Waals surface area contributed by atoms with Gasteiger partial charge in [-0.2, -0.15) is 0 Å². The maximum atomic E-state index is 13.2. The minimum Gasteiger partial charge on any atom is -0.497 e. The molecule has 2 aromatic carbocycles. The van der Waals surface area contributed by atoms with Gasteiger partial charge in [0.15, 0.2) is 5.78 Å². The molecular formula is C27H31NO4. The molecule has 1 aliphatic carbocycles. The van der Waals surface area contributed by atoms with Gasteiger partial charge in [-0.15, -0.1) is 0 Å². The highest BCUT2D eigenvalue weighted by Gasteiger charge is 2.44. The van der Waals surface area contributed by atoms with Crippen LogP contribution in [0.4, 0.5) is 0 Å². The van der Waals surface area contributed by atoms with Crippen molar-refractivity contribution in [1.82, 2.24) is 5.32 Å². The zero-order valence-corrected chi connectivity index (χ0v) is 19.2. The van der Waals surface area contributed by atoms with Crippen LogP contribution in [0.2, 0.25) is 0 Å². The molecule has 2 unspecified atom stereocenters. The molecule has 0 bridgehead atoms. The summed E-state index contributed by atoms with van der Waals surface area (Å²) in [6.45, 7) is 6.32. The van der Waals surface area contributed by atoms with E-state index in [0.717, 1.165) is 40.0 Å². The highest BCUT2D eigenvalue weighted by Crippen LogP contribution is 2.38. The lowest BCUT2D eigenvalue weighted by Crippen LogP contribution is -2.27. The summed E-state index contributed by atoms with van der Waals surface area (Å²) in [6.07, 6.45) is 4.89. The number of ether oxygens (including phenoxy) is 1. The van der Waals surface area contributed by atoms with Gasteiger partial charge in [0.1, 0.15) is 17.5 Å².